The molecule has 0 saturated heterocycles. The van der Waals surface area contributed by atoms with Gasteiger partial charge in [-0.15, -0.1) is 0 Å². The van der Waals surface area contributed by atoms with Gasteiger partial charge in [0.25, 0.3) is 5.91 Å². The summed E-state index contributed by atoms with van der Waals surface area (Å²) >= 11 is 0. The molecule has 0 atom stereocenters. The summed E-state index contributed by atoms with van der Waals surface area (Å²) in [5, 5.41) is 6.19. The minimum atomic E-state index is -0.159. The van der Waals surface area contributed by atoms with Crippen molar-refractivity contribution in [2.45, 2.75) is 20.4 Å². The number of rotatable bonds is 5. The van der Waals surface area contributed by atoms with Crippen LogP contribution in [0.3, 0.4) is 0 Å². The molecule has 0 bridgehead atoms. The normalized spacial score (nSPS) is 10.3. The molecule has 0 radical (unpaired) electrons. The lowest BCUT2D eigenvalue weighted by Gasteiger charge is -2.10. The second-order valence-electron chi connectivity index (χ2n) is 6.00. The van der Waals surface area contributed by atoms with Crippen molar-refractivity contribution < 1.29 is 4.79 Å². The Labute approximate surface area is 147 Å². The summed E-state index contributed by atoms with van der Waals surface area (Å²) in [6, 6.07) is 11.8. The number of aryl methyl sites for hydroxylation is 2. The molecule has 1 aromatic carbocycles. The first-order valence-electron chi connectivity index (χ1n) is 8.07. The predicted octanol–water partition coefficient (Wildman–Crippen LogP) is 3.77. The first-order valence-corrected chi connectivity index (χ1v) is 8.07. The Bertz CT molecular complexity index is 858. The molecule has 0 aliphatic heterocycles. The topological polar surface area (TPSA) is 66.9 Å². The van der Waals surface area contributed by atoms with E-state index in [4.69, 9.17) is 0 Å². The standard InChI is InChI=1S/C20H20N4O/c1-14-7-15(2)9-18(8-14)24-19-10-17(12-22-13-19)20(25)23-11-16-3-5-21-6-4-16/h3-10,12-13,24H,11H2,1-2H3,(H,23,25). The third-order valence-corrected chi connectivity index (χ3v) is 3.71. The Morgan fingerprint density at radius 1 is 0.920 bits per heavy atom. The van der Waals surface area contributed by atoms with Crippen LogP contribution < -0.4 is 10.6 Å². The predicted molar refractivity (Wildman–Crippen MR) is 98.8 cm³/mol. The number of carbonyl (C=O) groups excluding carboxylic acids is 1. The molecule has 5 heteroatoms. The number of nitrogens with one attached hydrogen (secondary N) is 2. The second-order valence-corrected chi connectivity index (χ2v) is 6.00. The van der Waals surface area contributed by atoms with Crippen LogP contribution in [0.4, 0.5) is 11.4 Å². The van der Waals surface area contributed by atoms with E-state index in [0.29, 0.717) is 12.1 Å². The molecule has 1 amide bonds. The average molecular weight is 332 g/mol. The van der Waals surface area contributed by atoms with Gasteiger partial charge in [-0.3, -0.25) is 14.8 Å². The van der Waals surface area contributed by atoms with Gasteiger partial charge >= 0.3 is 0 Å². The van der Waals surface area contributed by atoms with E-state index < -0.39 is 0 Å². The van der Waals surface area contributed by atoms with Gasteiger partial charge in [-0.1, -0.05) is 6.07 Å². The highest BCUT2D eigenvalue weighted by Crippen LogP contribution is 2.19. The van der Waals surface area contributed by atoms with Crippen LogP contribution in [0.15, 0.2) is 61.2 Å². The fourth-order valence-corrected chi connectivity index (χ4v) is 2.63. The highest BCUT2D eigenvalue weighted by atomic mass is 16.1. The lowest BCUT2D eigenvalue weighted by Crippen LogP contribution is -2.23. The largest absolute Gasteiger partial charge is 0.354 e. The summed E-state index contributed by atoms with van der Waals surface area (Å²) in [5.41, 5.74) is 5.64. The van der Waals surface area contributed by atoms with Gasteiger partial charge in [-0.05, 0) is 60.9 Å². The van der Waals surface area contributed by atoms with Crippen molar-refractivity contribution in [2.24, 2.45) is 0 Å². The molecule has 0 spiro atoms. The summed E-state index contributed by atoms with van der Waals surface area (Å²) in [4.78, 5) is 20.5. The molecule has 0 aliphatic carbocycles. The Balaban J connectivity index is 1.69. The zero-order valence-corrected chi connectivity index (χ0v) is 14.3. The molecule has 5 nitrogen and oxygen atoms in total. The quantitative estimate of drug-likeness (QED) is 0.746. The number of aromatic nitrogens is 2. The second kappa shape index (κ2) is 7.57. The van der Waals surface area contributed by atoms with Crippen LogP contribution in [0.1, 0.15) is 27.0 Å². The van der Waals surface area contributed by atoms with Gasteiger partial charge in [0.05, 0.1) is 17.4 Å². The fourth-order valence-electron chi connectivity index (χ4n) is 2.63. The van der Waals surface area contributed by atoms with E-state index >= 15 is 0 Å². The van der Waals surface area contributed by atoms with Gasteiger partial charge in [0.1, 0.15) is 0 Å². The Morgan fingerprint density at radius 3 is 2.36 bits per heavy atom. The van der Waals surface area contributed by atoms with E-state index in [9.17, 15) is 4.79 Å². The summed E-state index contributed by atoms with van der Waals surface area (Å²) in [7, 11) is 0. The summed E-state index contributed by atoms with van der Waals surface area (Å²) < 4.78 is 0. The number of nitrogens with zero attached hydrogens (tertiary/aromatic N) is 2. The van der Waals surface area contributed by atoms with E-state index in [2.05, 4.69) is 52.6 Å². The summed E-state index contributed by atoms with van der Waals surface area (Å²) in [6.45, 7) is 4.56. The number of amides is 1. The van der Waals surface area contributed by atoms with Crippen LogP contribution in [0.5, 0.6) is 0 Å². The smallest absolute Gasteiger partial charge is 0.253 e. The summed E-state index contributed by atoms with van der Waals surface area (Å²) in [6.07, 6.45) is 6.68. The van der Waals surface area contributed by atoms with Crippen molar-refractivity contribution in [3.05, 3.63) is 83.4 Å². The highest BCUT2D eigenvalue weighted by molar-refractivity contribution is 5.94. The van der Waals surface area contributed by atoms with Crippen molar-refractivity contribution in [1.29, 1.82) is 0 Å². The van der Waals surface area contributed by atoms with Crippen LogP contribution in [-0.4, -0.2) is 15.9 Å². The van der Waals surface area contributed by atoms with Crippen LogP contribution in [0.2, 0.25) is 0 Å². The monoisotopic (exact) mass is 332 g/mol. The number of anilines is 2. The van der Waals surface area contributed by atoms with E-state index in [1.54, 1.807) is 30.9 Å². The minimum Gasteiger partial charge on any atom is -0.354 e. The maximum Gasteiger partial charge on any atom is 0.253 e. The van der Waals surface area contributed by atoms with Gasteiger partial charge in [-0.2, -0.15) is 0 Å². The van der Waals surface area contributed by atoms with E-state index in [1.807, 2.05) is 12.1 Å². The molecule has 25 heavy (non-hydrogen) atoms. The molecule has 126 valence electrons. The fraction of sp³-hybridized carbons (Fsp3) is 0.150. The highest BCUT2D eigenvalue weighted by Gasteiger charge is 2.07. The number of benzene rings is 1. The first-order chi connectivity index (χ1) is 12.1. The summed E-state index contributed by atoms with van der Waals surface area (Å²) in [5.74, 6) is -0.159. The van der Waals surface area contributed by atoms with Gasteiger partial charge < -0.3 is 10.6 Å². The molecular weight excluding hydrogens is 312 g/mol. The van der Waals surface area contributed by atoms with Gasteiger partial charge in [0, 0.05) is 30.8 Å². The van der Waals surface area contributed by atoms with Gasteiger partial charge in [-0.25, -0.2) is 0 Å². The Morgan fingerprint density at radius 2 is 1.64 bits per heavy atom. The van der Waals surface area contributed by atoms with Crippen LogP contribution in [0, 0.1) is 13.8 Å². The molecule has 0 saturated carbocycles. The zero-order chi connectivity index (χ0) is 17.6. The molecule has 0 unspecified atom stereocenters. The number of carbonyl (C=O) groups is 1. The molecule has 0 fully saturated rings. The van der Waals surface area contributed by atoms with Gasteiger partial charge in [0.2, 0.25) is 0 Å². The van der Waals surface area contributed by atoms with Crippen LogP contribution in [0.25, 0.3) is 0 Å². The third kappa shape index (κ3) is 4.64. The number of hydrogen-bond donors (Lipinski definition) is 2. The molecule has 2 N–H and O–H groups in total. The lowest BCUT2D eigenvalue weighted by molar-refractivity contribution is 0.0950. The number of hydrogen-bond acceptors (Lipinski definition) is 4. The zero-order valence-electron chi connectivity index (χ0n) is 14.3. The molecular formula is C20H20N4O. The van der Waals surface area contributed by atoms with Crippen molar-refractivity contribution in [1.82, 2.24) is 15.3 Å². The Kier molecular flexibility index (Phi) is 5.04. The SMILES string of the molecule is Cc1cc(C)cc(Nc2cncc(C(=O)NCc3ccncc3)c2)c1. The van der Waals surface area contributed by atoms with Crippen LogP contribution >= 0.6 is 0 Å². The molecule has 2 aromatic heterocycles. The van der Waals surface area contributed by atoms with E-state index in [1.165, 1.54) is 11.1 Å². The van der Waals surface area contributed by atoms with Crippen molar-refractivity contribution in [3.63, 3.8) is 0 Å². The minimum absolute atomic E-state index is 0.159. The van der Waals surface area contributed by atoms with Crippen molar-refractivity contribution in [2.75, 3.05) is 5.32 Å². The van der Waals surface area contributed by atoms with E-state index in [-0.39, 0.29) is 5.91 Å². The average Bonchev–Trinajstić information content (AvgIpc) is 2.60. The lowest BCUT2D eigenvalue weighted by atomic mass is 10.1. The Hall–Kier alpha value is -3.21. The third-order valence-electron chi connectivity index (χ3n) is 3.71. The molecule has 3 rings (SSSR count). The molecule has 3 aromatic rings. The first kappa shape index (κ1) is 16.6. The molecule has 2 heterocycles. The van der Waals surface area contributed by atoms with E-state index in [0.717, 1.165) is 16.9 Å². The maximum atomic E-state index is 12.3. The maximum absolute atomic E-state index is 12.3. The van der Waals surface area contributed by atoms with Crippen molar-refractivity contribution >= 4 is 17.3 Å². The van der Waals surface area contributed by atoms with Gasteiger partial charge in [0.15, 0.2) is 0 Å². The number of pyridine rings is 2. The molecule has 0 aliphatic rings. The van der Waals surface area contributed by atoms with Crippen molar-refractivity contribution in [3.8, 4) is 0 Å². The van der Waals surface area contributed by atoms with Crippen LogP contribution in [-0.2, 0) is 6.54 Å².